The topological polar surface area (TPSA) is 136 Å². The van der Waals surface area contributed by atoms with Gasteiger partial charge in [0.25, 0.3) is 17.3 Å². The van der Waals surface area contributed by atoms with Crippen LogP contribution in [-0.4, -0.2) is 33.1 Å². The Morgan fingerprint density at radius 2 is 1.61 bits per heavy atom. The molecule has 0 bridgehead atoms. The summed E-state index contributed by atoms with van der Waals surface area (Å²) in [5, 5.41) is 25.4. The zero-order valence-corrected chi connectivity index (χ0v) is 18.4. The van der Waals surface area contributed by atoms with Crippen molar-refractivity contribution in [2.75, 3.05) is 11.9 Å². The average molecular weight is 511 g/mol. The zero-order valence-electron chi connectivity index (χ0n) is 16.8. The summed E-state index contributed by atoms with van der Waals surface area (Å²) >= 11 is 3.42. The molecule has 4 rings (SSSR count). The number of nitro benzene ring substituents is 2. The summed E-state index contributed by atoms with van der Waals surface area (Å²) in [7, 11) is 0. The van der Waals surface area contributed by atoms with Gasteiger partial charge in [-0.05, 0) is 23.8 Å². The van der Waals surface area contributed by atoms with E-state index in [9.17, 15) is 29.8 Å². The van der Waals surface area contributed by atoms with Crippen LogP contribution in [0.15, 0.2) is 71.2 Å². The number of benzene rings is 3. The second-order valence-corrected chi connectivity index (χ2v) is 8.19. The number of nitro groups is 2. The molecule has 1 atom stereocenters. The third kappa shape index (κ3) is 4.44. The molecule has 1 N–H and O–H groups in total. The lowest BCUT2D eigenvalue weighted by Gasteiger charge is -2.30. The minimum absolute atomic E-state index is 0.261. The number of non-ortho nitro benzene ring substituents is 2. The molecule has 0 saturated carbocycles. The maximum absolute atomic E-state index is 13.6. The van der Waals surface area contributed by atoms with Gasteiger partial charge in [-0.3, -0.25) is 29.8 Å². The first-order chi connectivity index (χ1) is 15.7. The van der Waals surface area contributed by atoms with Crippen molar-refractivity contribution >= 4 is 44.8 Å². The fraction of sp³-hybridized carbons (Fsp3) is 0.0909. The number of nitrogens with one attached hydrogen (secondary N) is 1. The minimum atomic E-state index is -0.806. The summed E-state index contributed by atoms with van der Waals surface area (Å²) < 4.78 is 0.719. The lowest BCUT2D eigenvalue weighted by molar-refractivity contribution is -0.394. The molecule has 166 valence electrons. The second-order valence-electron chi connectivity index (χ2n) is 7.28. The van der Waals surface area contributed by atoms with Crippen LogP contribution >= 0.6 is 15.9 Å². The summed E-state index contributed by atoms with van der Waals surface area (Å²) in [6.45, 7) is -0.360. The minimum Gasteiger partial charge on any atom is -0.324 e. The molecule has 33 heavy (non-hydrogen) atoms. The van der Waals surface area contributed by atoms with E-state index in [1.54, 1.807) is 42.5 Å². The first-order valence-electron chi connectivity index (χ1n) is 9.63. The van der Waals surface area contributed by atoms with Gasteiger partial charge >= 0.3 is 0 Å². The van der Waals surface area contributed by atoms with Gasteiger partial charge in [0, 0.05) is 27.9 Å². The Balaban J connectivity index is 1.91. The number of carbonyl (C=O) groups excluding carboxylic acids is 2. The number of halogens is 1. The third-order valence-corrected chi connectivity index (χ3v) is 5.65. The van der Waals surface area contributed by atoms with Crippen LogP contribution in [0.1, 0.15) is 27.5 Å². The number of nitrogens with zero attached hydrogens (tertiary/aromatic N) is 3. The molecule has 0 fully saturated rings. The van der Waals surface area contributed by atoms with E-state index in [-0.39, 0.29) is 12.1 Å². The van der Waals surface area contributed by atoms with Gasteiger partial charge in [0.15, 0.2) is 0 Å². The highest BCUT2D eigenvalue weighted by Crippen LogP contribution is 2.38. The molecular formula is C22H15BrN4O6. The van der Waals surface area contributed by atoms with Crippen LogP contribution in [0, 0.1) is 20.2 Å². The van der Waals surface area contributed by atoms with Crippen molar-refractivity contribution in [2.24, 2.45) is 0 Å². The van der Waals surface area contributed by atoms with Crippen molar-refractivity contribution in [3.05, 3.63) is 108 Å². The largest absolute Gasteiger partial charge is 0.324 e. The molecule has 0 unspecified atom stereocenters. The zero-order chi connectivity index (χ0) is 23.7. The van der Waals surface area contributed by atoms with Gasteiger partial charge in [-0.25, -0.2) is 0 Å². The highest BCUT2D eigenvalue weighted by Gasteiger charge is 2.35. The quantitative estimate of drug-likeness (QED) is 0.406. The predicted octanol–water partition coefficient (Wildman–Crippen LogP) is 4.45. The smallest absolute Gasteiger partial charge is 0.277 e. The van der Waals surface area contributed by atoms with Crippen LogP contribution in [0.3, 0.4) is 0 Å². The summed E-state index contributed by atoms with van der Waals surface area (Å²) in [6.07, 6.45) is 0. The summed E-state index contributed by atoms with van der Waals surface area (Å²) in [5.41, 5.74) is 0.384. The molecule has 3 aromatic carbocycles. The number of hydrogen-bond acceptors (Lipinski definition) is 6. The van der Waals surface area contributed by atoms with Crippen LogP contribution in [-0.2, 0) is 4.79 Å². The monoisotopic (exact) mass is 510 g/mol. The van der Waals surface area contributed by atoms with E-state index in [1.165, 1.54) is 4.90 Å². The number of hydrogen-bond donors (Lipinski definition) is 1. The van der Waals surface area contributed by atoms with Gasteiger partial charge in [0.05, 0.1) is 27.5 Å². The fourth-order valence-electron chi connectivity index (χ4n) is 3.76. The van der Waals surface area contributed by atoms with Crippen LogP contribution in [0.2, 0.25) is 0 Å². The van der Waals surface area contributed by atoms with Gasteiger partial charge in [0.2, 0.25) is 5.91 Å². The second kappa shape index (κ2) is 8.79. The SMILES string of the molecule is O=C1CN(C(=O)c2cc([N+](=O)[O-])cc([N+](=O)[O-])c2)[C@H](c2ccccc2)c2cc(Br)ccc2N1. The number of anilines is 1. The van der Waals surface area contributed by atoms with E-state index in [0.717, 1.165) is 22.7 Å². The molecule has 3 aromatic rings. The van der Waals surface area contributed by atoms with Crippen molar-refractivity contribution in [1.29, 1.82) is 0 Å². The molecule has 0 aliphatic carbocycles. The van der Waals surface area contributed by atoms with Crippen molar-refractivity contribution in [1.82, 2.24) is 4.90 Å². The Hall–Kier alpha value is -4.12. The summed E-state index contributed by atoms with van der Waals surface area (Å²) in [4.78, 5) is 48.5. The van der Waals surface area contributed by atoms with Crippen molar-refractivity contribution in [2.45, 2.75) is 6.04 Å². The van der Waals surface area contributed by atoms with Crippen molar-refractivity contribution in [3.8, 4) is 0 Å². The summed E-state index contributed by atoms with van der Waals surface area (Å²) in [6, 6.07) is 16.2. The first kappa shape index (κ1) is 22.1. The van der Waals surface area contributed by atoms with Gasteiger partial charge in [0.1, 0.15) is 6.54 Å². The predicted molar refractivity (Wildman–Crippen MR) is 122 cm³/mol. The maximum Gasteiger partial charge on any atom is 0.277 e. The molecular weight excluding hydrogens is 496 g/mol. The molecule has 10 nitrogen and oxygen atoms in total. The van der Waals surface area contributed by atoms with E-state index >= 15 is 0 Å². The lowest BCUT2D eigenvalue weighted by Crippen LogP contribution is -2.39. The van der Waals surface area contributed by atoms with Gasteiger partial charge < -0.3 is 10.2 Å². The molecule has 0 radical (unpaired) electrons. The summed E-state index contributed by atoms with van der Waals surface area (Å²) in [5.74, 6) is -1.22. The fourth-order valence-corrected chi connectivity index (χ4v) is 4.14. The normalized spacial score (nSPS) is 15.2. The standard InChI is InChI=1S/C22H15BrN4O6/c23-15-6-7-19-18(10-15)21(13-4-2-1-3-5-13)25(12-20(28)24-19)22(29)14-8-16(26(30)31)11-17(9-14)27(32)33/h1-11,21H,12H2,(H,24,28)/t21-/m1/s1. The van der Waals surface area contributed by atoms with E-state index < -0.39 is 39.1 Å². The van der Waals surface area contributed by atoms with Gasteiger partial charge in [-0.2, -0.15) is 0 Å². The van der Waals surface area contributed by atoms with Crippen molar-refractivity contribution < 1.29 is 19.4 Å². The number of amides is 2. The van der Waals surface area contributed by atoms with E-state index in [0.29, 0.717) is 16.8 Å². The van der Waals surface area contributed by atoms with Gasteiger partial charge in [-0.1, -0.05) is 46.3 Å². The highest BCUT2D eigenvalue weighted by atomic mass is 79.9. The molecule has 11 heteroatoms. The lowest BCUT2D eigenvalue weighted by atomic mass is 9.95. The molecule has 0 aromatic heterocycles. The Bertz CT molecular complexity index is 1270. The Morgan fingerprint density at radius 1 is 0.970 bits per heavy atom. The van der Waals surface area contributed by atoms with Gasteiger partial charge in [-0.15, -0.1) is 0 Å². The molecule has 2 amide bonds. The maximum atomic E-state index is 13.6. The Labute approximate surface area is 195 Å². The molecule has 1 heterocycles. The van der Waals surface area contributed by atoms with Crippen LogP contribution < -0.4 is 5.32 Å². The average Bonchev–Trinajstić information content (AvgIpc) is 2.94. The highest BCUT2D eigenvalue weighted by molar-refractivity contribution is 9.10. The Kier molecular flexibility index (Phi) is 5.88. The third-order valence-electron chi connectivity index (χ3n) is 5.16. The first-order valence-corrected chi connectivity index (χ1v) is 10.4. The van der Waals surface area contributed by atoms with Crippen LogP contribution in [0.25, 0.3) is 0 Å². The molecule has 0 saturated heterocycles. The number of rotatable bonds is 4. The van der Waals surface area contributed by atoms with E-state index in [1.807, 2.05) is 6.07 Å². The molecule has 1 aliphatic heterocycles. The van der Waals surface area contributed by atoms with Crippen molar-refractivity contribution in [3.63, 3.8) is 0 Å². The van der Waals surface area contributed by atoms with E-state index in [2.05, 4.69) is 21.2 Å². The van der Waals surface area contributed by atoms with Crippen LogP contribution in [0.5, 0.6) is 0 Å². The number of carbonyl (C=O) groups is 2. The van der Waals surface area contributed by atoms with E-state index in [4.69, 9.17) is 0 Å². The molecule has 0 spiro atoms. The molecule has 1 aliphatic rings. The Morgan fingerprint density at radius 3 is 2.21 bits per heavy atom. The van der Waals surface area contributed by atoms with Crippen LogP contribution in [0.4, 0.5) is 17.1 Å². The number of fused-ring (bicyclic) bond motifs is 1.